The summed E-state index contributed by atoms with van der Waals surface area (Å²) in [4.78, 5) is 25.4. The number of benzene rings is 1. The van der Waals surface area contributed by atoms with E-state index in [-0.39, 0.29) is 24.7 Å². The molecule has 0 saturated carbocycles. The lowest BCUT2D eigenvalue weighted by atomic mass is 10.1. The second-order valence-corrected chi connectivity index (χ2v) is 6.03. The van der Waals surface area contributed by atoms with Crippen molar-refractivity contribution in [3.63, 3.8) is 0 Å². The molecule has 0 heterocycles. The third-order valence-corrected chi connectivity index (χ3v) is 3.86. The van der Waals surface area contributed by atoms with Crippen molar-refractivity contribution < 1.29 is 14.3 Å². The van der Waals surface area contributed by atoms with Crippen LogP contribution in [-0.2, 0) is 20.7 Å². The zero-order chi connectivity index (χ0) is 19.2. The van der Waals surface area contributed by atoms with E-state index >= 15 is 0 Å². The Kier molecular flexibility index (Phi) is 10.6. The van der Waals surface area contributed by atoms with Gasteiger partial charge in [0.15, 0.2) is 5.11 Å². The van der Waals surface area contributed by atoms with Crippen LogP contribution < -0.4 is 5.32 Å². The predicted molar refractivity (Wildman–Crippen MR) is 108 cm³/mol. The molecule has 26 heavy (non-hydrogen) atoms. The first kappa shape index (κ1) is 21.6. The van der Waals surface area contributed by atoms with Crippen molar-refractivity contribution in [3.05, 3.63) is 61.2 Å². The molecule has 140 valence electrons. The summed E-state index contributed by atoms with van der Waals surface area (Å²) in [5.74, 6) is -0.692. The number of hydrogen-bond acceptors (Lipinski definition) is 4. The number of nitrogens with zero attached hydrogens (tertiary/aromatic N) is 1. The lowest BCUT2D eigenvalue weighted by Crippen LogP contribution is -2.42. The van der Waals surface area contributed by atoms with Crippen LogP contribution in [0.2, 0.25) is 0 Å². The minimum absolute atomic E-state index is 0.0305. The van der Waals surface area contributed by atoms with Gasteiger partial charge in [0.2, 0.25) is 5.91 Å². The fourth-order valence-corrected chi connectivity index (χ4v) is 2.47. The fraction of sp³-hybridized carbons (Fsp3) is 0.350. The highest BCUT2D eigenvalue weighted by molar-refractivity contribution is 7.80. The zero-order valence-electron chi connectivity index (χ0n) is 15.0. The predicted octanol–water partition coefficient (Wildman–Crippen LogP) is 3.02. The Morgan fingerprint density at radius 2 is 1.77 bits per heavy atom. The van der Waals surface area contributed by atoms with Gasteiger partial charge >= 0.3 is 5.97 Å². The molecule has 1 rings (SSSR count). The summed E-state index contributed by atoms with van der Waals surface area (Å²) in [6.45, 7) is 8.66. The molecule has 1 aromatic rings. The minimum Gasteiger partial charge on any atom is -0.466 e. The van der Waals surface area contributed by atoms with Gasteiger partial charge in [0.1, 0.15) is 0 Å². The molecule has 0 aliphatic heterocycles. The minimum atomic E-state index is -0.381. The van der Waals surface area contributed by atoms with E-state index in [1.807, 2.05) is 30.3 Å². The molecular weight excluding hydrogens is 348 g/mol. The van der Waals surface area contributed by atoms with E-state index in [1.54, 1.807) is 17.1 Å². The summed E-state index contributed by atoms with van der Waals surface area (Å²) in [6, 6.07) is 10.0. The molecular formula is C20H26N2O3S. The number of thiocarbonyl (C=S) groups is 1. The number of carbonyl (C=O) groups excluding carboxylic acids is 2. The number of amides is 1. The monoisotopic (exact) mass is 374 g/mol. The molecule has 0 spiro atoms. The first-order chi connectivity index (χ1) is 12.6. The van der Waals surface area contributed by atoms with Crippen LogP contribution in [0.4, 0.5) is 0 Å². The molecule has 0 unspecified atom stereocenters. The molecule has 1 amide bonds. The Morgan fingerprint density at radius 1 is 1.12 bits per heavy atom. The Bertz CT molecular complexity index is 607. The van der Waals surface area contributed by atoms with Crippen LogP contribution in [0.25, 0.3) is 0 Å². The number of hydrogen-bond donors (Lipinski definition) is 1. The number of carbonyl (C=O) groups is 2. The normalized spacial score (nSPS) is 9.85. The van der Waals surface area contributed by atoms with E-state index in [2.05, 4.69) is 18.5 Å². The third kappa shape index (κ3) is 9.13. The van der Waals surface area contributed by atoms with Crippen molar-refractivity contribution >= 4 is 29.2 Å². The topological polar surface area (TPSA) is 58.6 Å². The number of rotatable bonds is 11. The highest BCUT2D eigenvalue weighted by Crippen LogP contribution is 2.03. The number of ether oxygens (including phenoxy) is 1. The second kappa shape index (κ2) is 12.8. The SMILES string of the molecule is C=CCN(CC=C)C(=S)NC(=O)CCC(=O)OCCCc1ccccc1. The average Bonchev–Trinajstić information content (AvgIpc) is 2.64. The Hall–Kier alpha value is -2.47. The van der Waals surface area contributed by atoms with Crippen LogP contribution in [0, 0.1) is 0 Å². The maximum Gasteiger partial charge on any atom is 0.306 e. The quantitative estimate of drug-likeness (QED) is 0.279. The fourth-order valence-electron chi connectivity index (χ4n) is 2.21. The molecule has 5 nitrogen and oxygen atoms in total. The second-order valence-electron chi connectivity index (χ2n) is 5.65. The maximum atomic E-state index is 11.9. The Balaban J connectivity index is 2.20. The van der Waals surface area contributed by atoms with E-state index in [0.717, 1.165) is 12.8 Å². The highest BCUT2D eigenvalue weighted by Gasteiger charge is 2.12. The van der Waals surface area contributed by atoms with Gasteiger partial charge in [-0.1, -0.05) is 42.5 Å². The molecule has 0 fully saturated rings. The average molecular weight is 375 g/mol. The molecule has 0 aliphatic carbocycles. The van der Waals surface area contributed by atoms with Gasteiger partial charge in [-0.3, -0.25) is 9.59 Å². The summed E-state index contributed by atoms with van der Waals surface area (Å²) >= 11 is 5.18. The van der Waals surface area contributed by atoms with Crippen molar-refractivity contribution in [1.82, 2.24) is 10.2 Å². The first-order valence-corrected chi connectivity index (χ1v) is 8.97. The van der Waals surface area contributed by atoms with Crippen LogP contribution in [0.3, 0.4) is 0 Å². The highest BCUT2D eigenvalue weighted by atomic mass is 32.1. The van der Waals surface area contributed by atoms with Crippen LogP contribution >= 0.6 is 12.2 Å². The van der Waals surface area contributed by atoms with Gasteiger partial charge in [-0.05, 0) is 30.6 Å². The largest absolute Gasteiger partial charge is 0.466 e. The van der Waals surface area contributed by atoms with Gasteiger partial charge in [-0.25, -0.2) is 0 Å². The van der Waals surface area contributed by atoms with Crippen molar-refractivity contribution in [2.24, 2.45) is 0 Å². The van der Waals surface area contributed by atoms with Crippen LogP contribution in [-0.4, -0.2) is 41.6 Å². The van der Waals surface area contributed by atoms with E-state index in [9.17, 15) is 9.59 Å². The summed E-state index contributed by atoms with van der Waals surface area (Å²) in [5.41, 5.74) is 1.21. The van der Waals surface area contributed by atoms with E-state index < -0.39 is 0 Å². The number of esters is 1. The number of nitrogens with one attached hydrogen (secondary N) is 1. The van der Waals surface area contributed by atoms with Gasteiger partial charge in [-0.15, -0.1) is 13.2 Å². The van der Waals surface area contributed by atoms with Crippen LogP contribution in [0.5, 0.6) is 0 Å². The molecule has 1 aromatic carbocycles. The Labute approximate surface area is 160 Å². The molecule has 0 saturated heterocycles. The lowest BCUT2D eigenvalue weighted by Gasteiger charge is -2.22. The standard InChI is InChI=1S/C20H26N2O3S/c1-3-14-22(15-4-2)20(26)21-18(23)12-13-19(24)25-16-8-11-17-9-6-5-7-10-17/h3-7,9-10H,1-2,8,11-16H2,(H,21,23,26). The molecule has 0 bridgehead atoms. The molecule has 0 aromatic heterocycles. The van der Waals surface area contributed by atoms with Gasteiger partial charge < -0.3 is 15.0 Å². The van der Waals surface area contributed by atoms with Gasteiger partial charge in [-0.2, -0.15) is 0 Å². The summed E-state index contributed by atoms with van der Waals surface area (Å²) < 4.78 is 5.16. The third-order valence-electron chi connectivity index (χ3n) is 3.50. The van der Waals surface area contributed by atoms with E-state index in [0.29, 0.717) is 24.8 Å². The summed E-state index contributed by atoms with van der Waals surface area (Å²) in [6.07, 6.45) is 5.05. The van der Waals surface area contributed by atoms with Crippen LogP contribution in [0.1, 0.15) is 24.8 Å². The van der Waals surface area contributed by atoms with E-state index in [4.69, 9.17) is 17.0 Å². The van der Waals surface area contributed by atoms with E-state index in [1.165, 1.54) is 5.56 Å². The number of aryl methyl sites for hydroxylation is 1. The molecule has 1 N–H and O–H groups in total. The zero-order valence-corrected chi connectivity index (χ0v) is 15.8. The molecule has 0 radical (unpaired) electrons. The van der Waals surface area contributed by atoms with Crippen molar-refractivity contribution in [2.45, 2.75) is 25.7 Å². The van der Waals surface area contributed by atoms with Gasteiger partial charge in [0, 0.05) is 19.5 Å². The first-order valence-electron chi connectivity index (χ1n) is 8.57. The van der Waals surface area contributed by atoms with Gasteiger partial charge in [0.25, 0.3) is 0 Å². The molecule has 0 aliphatic rings. The summed E-state index contributed by atoms with van der Waals surface area (Å²) in [5, 5.41) is 2.91. The van der Waals surface area contributed by atoms with Gasteiger partial charge in [0.05, 0.1) is 13.0 Å². The maximum absolute atomic E-state index is 11.9. The smallest absolute Gasteiger partial charge is 0.306 e. The summed E-state index contributed by atoms with van der Waals surface area (Å²) in [7, 11) is 0. The molecule has 6 heteroatoms. The molecule has 0 atom stereocenters. The van der Waals surface area contributed by atoms with Crippen molar-refractivity contribution in [1.29, 1.82) is 0 Å². The van der Waals surface area contributed by atoms with Crippen molar-refractivity contribution in [3.8, 4) is 0 Å². The lowest BCUT2D eigenvalue weighted by molar-refractivity contribution is -0.145. The van der Waals surface area contributed by atoms with Crippen molar-refractivity contribution in [2.75, 3.05) is 19.7 Å². The Morgan fingerprint density at radius 3 is 2.38 bits per heavy atom. The van der Waals surface area contributed by atoms with Crippen LogP contribution in [0.15, 0.2) is 55.6 Å².